The Labute approximate surface area is 219 Å². The van der Waals surface area contributed by atoms with Crippen molar-refractivity contribution in [3.63, 3.8) is 0 Å². The first-order chi connectivity index (χ1) is 18.1. The second-order valence-corrected chi connectivity index (χ2v) is 9.75. The summed E-state index contributed by atoms with van der Waals surface area (Å²) in [6.07, 6.45) is 5.58. The number of rotatable bonds is 8. The summed E-state index contributed by atoms with van der Waals surface area (Å²) in [5, 5.41) is 11.2. The van der Waals surface area contributed by atoms with Crippen LogP contribution < -0.4 is 10.9 Å². The Kier molecular flexibility index (Phi) is 9.10. The largest absolute Gasteiger partial charge is 0.483 e. The van der Waals surface area contributed by atoms with E-state index < -0.39 is 0 Å². The highest BCUT2D eigenvalue weighted by Crippen LogP contribution is 2.25. The number of anilines is 1. The van der Waals surface area contributed by atoms with Gasteiger partial charge in [0.25, 0.3) is 12.0 Å². The SMILES string of the molecule is O=C(CCCCSc1nc2ccccc2c(=O)n1-c1ccccc1)Nc1ccc2c(c1)CCC2.O=CO. The van der Waals surface area contributed by atoms with Crippen molar-refractivity contribution in [2.75, 3.05) is 11.1 Å². The average Bonchev–Trinajstić information content (AvgIpc) is 3.38. The van der Waals surface area contributed by atoms with E-state index in [4.69, 9.17) is 14.9 Å². The van der Waals surface area contributed by atoms with E-state index in [1.54, 1.807) is 16.3 Å². The zero-order valence-corrected chi connectivity index (χ0v) is 21.2. The number of unbranched alkanes of at least 4 members (excludes halogenated alkanes) is 1. The van der Waals surface area contributed by atoms with E-state index in [-0.39, 0.29) is 17.9 Å². The fourth-order valence-corrected chi connectivity index (χ4v) is 5.45. The minimum absolute atomic E-state index is 0.0490. The van der Waals surface area contributed by atoms with Crippen LogP contribution >= 0.6 is 11.8 Å². The first kappa shape index (κ1) is 26.2. The number of thioether (sulfide) groups is 1. The van der Waals surface area contributed by atoms with Crippen molar-refractivity contribution in [1.29, 1.82) is 0 Å². The van der Waals surface area contributed by atoms with Crippen molar-refractivity contribution in [1.82, 2.24) is 9.55 Å². The van der Waals surface area contributed by atoms with E-state index >= 15 is 0 Å². The smallest absolute Gasteiger partial charge is 0.290 e. The van der Waals surface area contributed by atoms with Gasteiger partial charge < -0.3 is 10.4 Å². The van der Waals surface area contributed by atoms with Crippen molar-refractivity contribution in [2.24, 2.45) is 0 Å². The molecule has 0 atom stereocenters. The van der Waals surface area contributed by atoms with Gasteiger partial charge in [-0.05, 0) is 79.6 Å². The Morgan fingerprint density at radius 3 is 2.54 bits per heavy atom. The summed E-state index contributed by atoms with van der Waals surface area (Å²) in [6.45, 7) is -0.250. The summed E-state index contributed by atoms with van der Waals surface area (Å²) < 4.78 is 1.69. The van der Waals surface area contributed by atoms with Gasteiger partial charge in [0.1, 0.15) is 0 Å². The molecule has 7 nitrogen and oxygen atoms in total. The van der Waals surface area contributed by atoms with Crippen LogP contribution in [-0.4, -0.2) is 32.8 Å². The molecule has 2 N–H and O–H groups in total. The van der Waals surface area contributed by atoms with Crippen molar-refractivity contribution >= 4 is 40.7 Å². The highest BCUT2D eigenvalue weighted by Gasteiger charge is 2.14. The van der Waals surface area contributed by atoms with Crippen LogP contribution in [0.15, 0.2) is 82.7 Å². The van der Waals surface area contributed by atoms with Gasteiger partial charge in [-0.2, -0.15) is 0 Å². The third kappa shape index (κ3) is 6.65. The van der Waals surface area contributed by atoms with Crippen LogP contribution in [0.1, 0.15) is 36.8 Å². The lowest BCUT2D eigenvalue weighted by Crippen LogP contribution is -2.21. The standard InChI is InChI=1S/C28H27N3O2S.CH2O2/c32-26(29-22-17-16-20-9-8-10-21(20)19-22)15-6-7-18-34-28-30-25-14-5-4-13-24(25)27(33)31(28)23-11-2-1-3-12-23;2-1-3/h1-5,11-14,16-17,19H,6-10,15,18H2,(H,29,32);1H,(H,2,3). The van der Waals surface area contributed by atoms with Gasteiger partial charge in [0.15, 0.2) is 5.16 Å². The molecule has 0 saturated heterocycles. The molecule has 0 bridgehead atoms. The average molecular weight is 516 g/mol. The van der Waals surface area contributed by atoms with Crippen LogP contribution in [0.2, 0.25) is 0 Å². The zero-order valence-electron chi connectivity index (χ0n) is 20.4. The maximum Gasteiger partial charge on any atom is 0.290 e. The van der Waals surface area contributed by atoms with Crippen molar-refractivity contribution < 1.29 is 14.7 Å². The minimum Gasteiger partial charge on any atom is -0.483 e. The lowest BCUT2D eigenvalue weighted by atomic mass is 10.1. The second kappa shape index (κ2) is 12.9. The number of amides is 1. The lowest BCUT2D eigenvalue weighted by molar-refractivity contribution is -0.123. The summed E-state index contributed by atoms with van der Waals surface area (Å²) in [5.41, 5.74) is 5.12. The summed E-state index contributed by atoms with van der Waals surface area (Å²) in [7, 11) is 0. The molecule has 1 aliphatic rings. The number of hydrogen-bond donors (Lipinski definition) is 2. The molecule has 0 radical (unpaired) electrons. The highest BCUT2D eigenvalue weighted by molar-refractivity contribution is 7.99. The molecule has 3 aromatic carbocycles. The minimum atomic E-state index is -0.250. The summed E-state index contributed by atoms with van der Waals surface area (Å²) in [5.74, 6) is 0.831. The quantitative estimate of drug-likeness (QED) is 0.140. The van der Waals surface area contributed by atoms with Gasteiger partial charge in [-0.25, -0.2) is 4.98 Å². The number of hydrogen-bond acceptors (Lipinski definition) is 5. The number of aromatic nitrogens is 2. The topological polar surface area (TPSA) is 101 Å². The molecule has 190 valence electrons. The monoisotopic (exact) mass is 515 g/mol. The number of aryl methyl sites for hydroxylation is 2. The highest BCUT2D eigenvalue weighted by atomic mass is 32.2. The van der Waals surface area contributed by atoms with Crippen LogP contribution in [0.25, 0.3) is 16.6 Å². The van der Waals surface area contributed by atoms with E-state index in [9.17, 15) is 9.59 Å². The Hall–Kier alpha value is -3.91. The molecule has 0 unspecified atom stereocenters. The number of nitrogens with one attached hydrogen (secondary N) is 1. The van der Waals surface area contributed by atoms with Gasteiger partial charge in [-0.3, -0.25) is 19.0 Å². The van der Waals surface area contributed by atoms with Gasteiger partial charge in [-0.15, -0.1) is 0 Å². The van der Waals surface area contributed by atoms with Crippen molar-refractivity contribution in [2.45, 2.75) is 43.7 Å². The molecule has 0 spiro atoms. The molecule has 1 aliphatic carbocycles. The lowest BCUT2D eigenvalue weighted by Gasteiger charge is -2.13. The number of benzene rings is 3. The van der Waals surface area contributed by atoms with Crippen LogP contribution in [-0.2, 0) is 22.4 Å². The maximum absolute atomic E-state index is 13.2. The summed E-state index contributed by atoms with van der Waals surface area (Å²) in [6, 6.07) is 23.3. The van der Waals surface area contributed by atoms with Gasteiger partial charge in [0.05, 0.1) is 16.6 Å². The molecule has 4 aromatic rings. The normalized spacial score (nSPS) is 11.9. The van der Waals surface area contributed by atoms with E-state index in [1.165, 1.54) is 17.5 Å². The van der Waals surface area contributed by atoms with E-state index in [1.807, 2.05) is 60.7 Å². The molecule has 1 heterocycles. The van der Waals surface area contributed by atoms with Gasteiger partial charge in [-0.1, -0.05) is 48.2 Å². The fourth-order valence-electron chi connectivity index (χ4n) is 4.44. The Morgan fingerprint density at radius 1 is 1.00 bits per heavy atom. The molecule has 8 heteroatoms. The molecule has 0 aliphatic heterocycles. The molecule has 1 aromatic heterocycles. The van der Waals surface area contributed by atoms with Gasteiger partial charge in [0.2, 0.25) is 5.91 Å². The molecular weight excluding hydrogens is 486 g/mol. The molecule has 37 heavy (non-hydrogen) atoms. The Bertz CT molecular complexity index is 1440. The maximum atomic E-state index is 13.2. The molecule has 0 saturated carbocycles. The number of fused-ring (bicyclic) bond motifs is 2. The first-order valence-electron chi connectivity index (χ1n) is 12.3. The molecule has 0 fully saturated rings. The van der Waals surface area contributed by atoms with Crippen LogP contribution in [0.5, 0.6) is 0 Å². The van der Waals surface area contributed by atoms with Gasteiger partial charge in [0, 0.05) is 17.9 Å². The number of carbonyl (C=O) groups excluding carboxylic acids is 1. The summed E-state index contributed by atoms with van der Waals surface area (Å²) >= 11 is 1.56. The number of nitrogens with zero attached hydrogens (tertiary/aromatic N) is 2. The van der Waals surface area contributed by atoms with Gasteiger partial charge >= 0.3 is 0 Å². The predicted molar refractivity (Wildman–Crippen MR) is 148 cm³/mol. The molecule has 5 rings (SSSR count). The van der Waals surface area contributed by atoms with E-state index in [2.05, 4.69) is 17.4 Å². The number of carboxylic acid groups (broad SMARTS) is 1. The Morgan fingerprint density at radius 2 is 1.73 bits per heavy atom. The second-order valence-electron chi connectivity index (χ2n) is 8.68. The first-order valence-corrected chi connectivity index (χ1v) is 13.3. The number of carbonyl (C=O) groups is 2. The molecular formula is C29H29N3O4S. The molecule has 1 amide bonds. The van der Waals surface area contributed by atoms with Crippen molar-refractivity contribution in [3.8, 4) is 5.69 Å². The van der Waals surface area contributed by atoms with Crippen LogP contribution in [0.4, 0.5) is 5.69 Å². The summed E-state index contributed by atoms with van der Waals surface area (Å²) in [4.78, 5) is 38.8. The van der Waals surface area contributed by atoms with Crippen LogP contribution in [0, 0.1) is 0 Å². The predicted octanol–water partition coefficient (Wildman–Crippen LogP) is 5.48. The van der Waals surface area contributed by atoms with E-state index in [0.29, 0.717) is 22.5 Å². The van der Waals surface area contributed by atoms with E-state index in [0.717, 1.165) is 42.8 Å². The fraction of sp³-hybridized carbons (Fsp3) is 0.241. The Balaban J connectivity index is 0.00000102. The van der Waals surface area contributed by atoms with Crippen LogP contribution in [0.3, 0.4) is 0 Å². The zero-order chi connectivity index (χ0) is 26.0. The third-order valence-corrected chi connectivity index (χ3v) is 7.20. The number of para-hydroxylation sites is 2. The van der Waals surface area contributed by atoms with Crippen molar-refractivity contribution in [3.05, 3.63) is 94.3 Å². The third-order valence-electron chi connectivity index (χ3n) is 6.17.